The van der Waals surface area contributed by atoms with Gasteiger partial charge in [0.2, 0.25) is 0 Å². The highest BCUT2D eigenvalue weighted by Crippen LogP contribution is 2.23. The molecule has 1 aromatic rings. The highest BCUT2D eigenvalue weighted by atomic mass is 32.1. The van der Waals surface area contributed by atoms with Gasteiger partial charge in [-0.1, -0.05) is 4.49 Å². The van der Waals surface area contributed by atoms with Gasteiger partial charge in [0.25, 0.3) is 0 Å². The van der Waals surface area contributed by atoms with Crippen LogP contribution in [-0.2, 0) is 6.54 Å². The van der Waals surface area contributed by atoms with E-state index in [4.69, 9.17) is 0 Å². The molecule has 6 heteroatoms. The van der Waals surface area contributed by atoms with E-state index in [1.54, 1.807) is 0 Å². The zero-order valence-electron chi connectivity index (χ0n) is 12.2. The predicted octanol–water partition coefficient (Wildman–Crippen LogP) is 1.74. The van der Waals surface area contributed by atoms with Crippen LogP contribution >= 0.6 is 11.5 Å². The minimum Gasteiger partial charge on any atom is -0.374 e. The van der Waals surface area contributed by atoms with E-state index in [0.717, 1.165) is 29.7 Å². The van der Waals surface area contributed by atoms with Gasteiger partial charge in [0.1, 0.15) is 10.7 Å². The van der Waals surface area contributed by atoms with Crippen LogP contribution in [0.25, 0.3) is 0 Å². The molecule has 1 aliphatic heterocycles. The van der Waals surface area contributed by atoms with Crippen LogP contribution in [0, 0.1) is 5.92 Å². The normalized spacial score (nSPS) is 18.1. The molecule has 5 nitrogen and oxygen atoms in total. The van der Waals surface area contributed by atoms with Crippen LogP contribution in [0.15, 0.2) is 0 Å². The monoisotopic (exact) mass is 283 g/mol. The van der Waals surface area contributed by atoms with Crippen molar-refractivity contribution in [3.63, 3.8) is 0 Å². The number of likely N-dealkylation sites (tertiary alicyclic amines) is 1. The van der Waals surface area contributed by atoms with E-state index in [2.05, 4.69) is 45.7 Å². The van der Waals surface area contributed by atoms with E-state index >= 15 is 0 Å². The van der Waals surface area contributed by atoms with Crippen molar-refractivity contribution >= 4 is 16.5 Å². The summed E-state index contributed by atoms with van der Waals surface area (Å²) < 4.78 is 4.06. The SMILES string of the molecule is CCNc1snnc1CN1CCC(CN(C)C)CC1. The molecule has 1 aromatic heterocycles. The van der Waals surface area contributed by atoms with Crippen molar-refractivity contribution in [2.45, 2.75) is 26.3 Å². The number of hydrogen-bond acceptors (Lipinski definition) is 6. The summed E-state index contributed by atoms with van der Waals surface area (Å²) in [6, 6.07) is 0. The average molecular weight is 283 g/mol. The number of nitrogens with one attached hydrogen (secondary N) is 1. The van der Waals surface area contributed by atoms with Gasteiger partial charge < -0.3 is 10.2 Å². The van der Waals surface area contributed by atoms with Crippen molar-refractivity contribution in [1.82, 2.24) is 19.4 Å². The second-order valence-electron chi connectivity index (χ2n) is 5.56. The first kappa shape index (κ1) is 14.7. The van der Waals surface area contributed by atoms with Crippen molar-refractivity contribution in [3.8, 4) is 0 Å². The Balaban J connectivity index is 1.80. The highest BCUT2D eigenvalue weighted by Gasteiger charge is 2.21. The lowest BCUT2D eigenvalue weighted by molar-refractivity contribution is 0.155. The Hall–Kier alpha value is -0.720. The fourth-order valence-electron chi connectivity index (χ4n) is 2.66. The Bertz CT molecular complexity index is 371. The summed E-state index contributed by atoms with van der Waals surface area (Å²) in [5.41, 5.74) is 1.11. The molecule has 19 heavy (non-hydrogen) atoms. The van der Waals surface area contributed by atoms with Gasteiger partial charge in [-0.3, -0.25) is 4.90 Å². The lowest BCUT2D eigenvalue weighted by Gasteiger charge is -2.32. The molecule has 0 aromatic carbocycles. The maximum Gasteiger partial charge on any atom is 0.134 e. The van der Waals surface area contributed by atoms with Crippen LogP contribution in [0.2, 0.25) is 0 Å². The first-order valence-corrected chi connectivity index (χ1v) is 7.88. The summed E-state index contributed by atoms with van der Waals surface area (Å²) in [5.74, 6) is 0.855. The van der Waals surface area contributed by atoms with E-state index in [-0.39, 0.29) is 0 Å². The van der Waals surface area contributed by atoms with Gasteiger partial charge in [0.15, 0.2) is 0 Å². The summed E-state index contributed by atoms with van der Waals surface area (Å²) >= 11 is 1.47. The van der Waals surface area contributed by atoms with Crippen LogP contribution in [0.3, 0.4) is 0 Å². The lowest BCUT2D eigenvalue weighted by atomic mass is 9.96. The molecule has 0 amide bonds. The maximum atomic E-state index is 4.25. The highest BCUT2D eigenvalue weighted by molar-refractivity contribution is 7.10. The fraction of sp³-hybridized carbons (Fsp3) is 0.846. The zero-order valence-corrected chi connectivity index (χ0v) is 13.0. The standard InChI is InChI=1S/C13H25N5S/c1-4-14-13-12(15-16-19-13)10-18-7-5-11(6-8-18)9-17(2)3/h11,14H,4-10H2,1-3H3. The quantitative estimate of drug-likeness (QED) is 0.861. The Morgan fingerprint density at radius 2 is 2.11 bits per heavy atom. The molecule has 0 atom stereocenters. The largest absolute Gasteiger partial charge is 0.374 e. The molecule has 1 saturated heterocycles. The first-order chi connectivity index (χ1) is 9.19. The second-order valence-corrected chi connectivity index (χ2v) is 6.31. The van der Waals surface area contributed by atoms with Gasteiger partial charge in [-0.15, -0.1) is 5.10 Å². The van der Waals surface area contributed by atoms with E-state index in [0.29, 0.717) is 0 Å². The Morgan fingerprint density at radius 3 is 2.74 bits per heavy atom. The zero-order chi connectivity index (χ0) is 13.7. The van der Waals surface area contributed by atoms with Gasteiger partial charge in [-0.2, -0.15) is 0 Å². The molecule has 108 valence electrons. The third kappa shape index (κ3) is 4.40. The lowest BCUT2D eigenvalue weighted by Crippen LogP contribution is -2.36. The number of aromatic nitrogens is 2. The van der Waals surface area contributed by atoms with E-state index in [9.17, 15) is 0 Å². The molecule has 0 spiro atoms. The minimum absolute atomic E-state index is 0.855. The summed E-state index contributed by atoms with van der Waals surface area (Å²) in [4.78, 5) is 4.80. The van der Waals surface area contributed by atoms with Crippen LogP contribution in [0.5, 0.6) is 0 Å². The molecule has 1 N–H and O–H groups in total. The smallest absolute Gasteiger partial charge is 0.134 e. The summed E-state index contributed by atoms with van der Waals surface area (Å²) in [6.45, 7) is 7.56. The molecule has 0 aliphatic carbocycles. The number of hydrogen-bond donors (Lipinski definition) is 1. The first-order valence-electron chi connectivity index (χ1n) is 7.11. The molecular formula is C13H25N5S. The topological polar surface area (TPSA) is 44.3 Å². The number of piperidine rings is 1. The maximum absolute atomic E-state index is 4.25. The Morgan fingerprint density at radius 1 is 1.37 bits per heavy atom. The van der Waals surface area contributed by atoms with Crippen LogP contribution in [-0.4, -0.2) is 59.7 Å². The summed E-state index contributed by atoms with van der Waals surface area (Å²) in [5, 5.41) is 8.73. The average Bonchev–Trinajstić information content (AvgIpc) is 2.79. The van der Waals surface area contributed by atoms with Gasteiger partial charge in [-0.05, 0) is 52.9 Å². The molecule has 2 heterocycles. The Kier molecular flexibility index (Phi) is 5.54. The van der Waals surface area contributed by atoms with Gasteiger partial charge in [0.05, 0.1) is 0 Å². The molecule has 0 unspecified atom stereocenters. The van der Waals surface area contributed by atoms with Gasteiger partial charge in [0, 0.05) is 31.2 Å². The van der Waals surface area contributed by atoms with Crippen molar-refractivity contribution in [2.75, 3.05) is 45.6 Å². The third-order valence-electron chi connectivity index (χ3n) is 3.60. The molecule has 0 radical (unpaired) electrons. The van der Waals surface area contributed by atoms with Crippen LogP contribution < -0.4 is 5.32 Å². The van der Waals surface area contributed by atoms with Crippen molar-refractivity contribution in [3.05, 3.63) is 5.69 Å². The summed E-state index contributed by atoms with van der Waals surface area (Å²) in [7, 11) is 4.33. The predicted molar refractivity (Wildman–Crippen MR) is 80.6 cm³/mol. The van der Waals surface area contributed by atoms with Crippen LogP contribution in [0.4, 0.5) is 5.00 Å². The molecule has 0 saturated carbocycles. The van der Waals surface area contributed by atoms with Crippen LogP contribution in [0.1, 0.15) is 25.5 Å². The number of rotatable bonds is 6. The number of nitrogens with zero attached hydrogens (tertiary/aromatic N) is 4. The van der Waals surface area contributed by atoms with Crippen molar-refractivity contribution in [1.29, 1.82) is 0 Å². The fourth-order valence-corrected chi connectivity index (χ4v) is 3.30. The van der Waals surface area contributed by atoms with E-state index in [1.807, 2.05) is 0 Å². The second kappa shape index (κ2) is 7.17. The molecule has 1 fully saturated rings. The summed E-state index contributed by atoms with van der Waals surface area (Å²) in [6.07, 6.45) is 2.60. The number of anilines is 1. The Labute approximate surface area is 120 Å². The van der Waals surface area contributed by atoms with Gasteiger partial charge >= 0.3 is 0 Å². The van der Waals surface area contributed by atoms with Gasteiger partial charge in [-0.25, -0.2) is 0 Å². The van der Waals surface area contributed by atoms with E-state index < -0.39 is 0 Å². The van der Waals surface area contributed by atoms with E-state index in [1.165, 1.54) is 44.0 Å². The molecule has 0 bridgehead atoms. The van der Waals surface area contributed by atoms with Crippen molar-refractivity contribution < 1.29 is 0 Å². The minimum atomic E-state index is 0.855. The molecular weight excluding hydrogens is 258 g/mol. The molecule has 2 rings (SSSR count). The molecule has 1 aliphatic rings. The van der Waals surface area contributed by atoms with Crippen molar-refractivity contribution in [2.24, 2.45) is 5.92 Å². The third-order valence-corrected chi connectivity index (χ3v) is 4.32.